The maximum atomic E-state index is 5.13. The van der Waals surface area contributed by atoms with Crippen LogP contribution in [0.25, 0.3) is 267 Å². The van der Waals surface area contributed by atoms with Crippen molar-refractivity contribution < 1.29 is 0 Å². The van der Waals surface area contributed by atoms with E-state index in [1.165, 1.54) is 26.9 Å². The van der Waals surface area contributed by atoms with Gasteiger partial charge in [-0.15, -0.1) is 0 Å². The van der Waals surface area contributed by atoms with Gasteiger partial charge in [0, 0.05) is 99.1 Å². The van der Waals surface area contributed by atoms with Gasteiger partial charge in [0.2, 0.25) is 0 Å². The second kappa shape index (κ2) is 38.1. The standard InChI is InChI=1S/3C44H28N4/c1-3-14-32(15-4-1)42-46-43(33-16-5-2-6-17-33)48-44(47-42)40-34-18-8-7-13-29(34)27-28-35(40)30-23-25-31(26-24-30)41-38-21-10-9-19-36(38)37-20-11-12-22-39(37)45-41;1-3-13-31(14-4-1)42-46-43(32-15-5-2-6-16-32)48-44(47-42)39-28-34(27-33-17-7-8-18-35(33)39)29-23-25-30(26-24-29)41-38-21-10-9-19-36(38)37-20-11-12-22-40(37)45-41;1-3-13-31(14-4-1)42-46-43(32-15-5-2-6-16-32)48-44(47-42)39-28-27-33(34-17-7-8-18-35(34)39)29-23-25-30(26-24-29)41-38-21-10-9-19-36(38)37-20-11-12-22-40(37)45-41/h3*1-28H. The predicted octanol–water partition coefficient (Wildman–Crippen LogP) is 33.2. The number of hydrogen-bond acceptors (Lipinski definition) is 12. The van der Waals surface area contributed by atoms with E-state index in [4.69, 9.17) is 59.8 Å². The number of aromatic nitrogens is 12. The third-order valence-corrected chi connectivity index (χ3v) is 26.8. The quantitative estimate of drug-likeness (QED) is 0.0897. The van der Waals surface area contributed by atoms with Crippen LogP contribution in [0.1, 0.15) is 0 Å². The number of pyridine rings is 3. The monoisotopic (exact) mass is 1840 g/mol. The fourth-order valence-electron chi connectivity index (χ4n) is 19.7. The van der Waals surface area contributed by atoms with E-state index < -0.39 is 0 Å². The van der Waals surface area contributed by atoms with Crippen LogP contribution in [0.2, 0.25) is 0 Å². The van der Waals surface area contributed by atoms with Crippen LogP contribution in [-0.4, -0.2) is 59.8 Å². The zero-order valence-corrected chi connectivity index (χ0v) is 77.9. The predicted molar refractivity (Wildman–Crippen MR) is 592 cm³/mol. The van der Waals surface area contributed by atoms with Crippen LogP contribution in [0, 0.1) is 0 Å². The van der Waals surface area contributed by atoms with Crippen LogP contribution in [0.15, 0.2) is 510 Å². The van der Waals surface area contributed by atoms with Gasteiger partial charge >= 0.3 is 0 Å². The Morgan fingerprint density at radius 2 is 0.354 bits per heavy atom. The largest absolute Gasteiger partial charge is 0.247 e. The zero-order chi connectivity index (χ0) is 95.6. The second-order valence-corrected chi connectivity index (χ2v) is 35.6. The molecule has 0 aliphatic carbocycles. The minimum Gasteiger partial charge on any atom is -0.247 e. The van der Waals surface area contributed by atoms with E-state index in [1.807, 2.05) is 200 Å². The van der Waals surface area contributed by atoms with Gasteiger partial charge in [-0.05, 0) is 118 Å². The molecule has 27 rings (SSSR count). The van der Waals surface area contributed by atoms with Gasteiger partial charge in [0.25, 0.3) is 0 Å². The van der Waals surface area contributed by atoms with E-state index >= 15 is 0 Å². The summed E-state index contributed by atoms with van der Waals surface area (Å²) in [6.07, 6.45) is 0. The van der Waals surface area contributed by atoms with Crippen molar-refractivity contribution in [3.05, 3.63) is 510 Å². The molecule has 0 saturated carbocycles. The van der Waals surface area contributed by atoms with Crippen molar-refractivity contribution in [3.63, 3.8) is 0 Å². The average molecular weight is 1840 g/mol. The number of para-hydroxylation sites is 3. The summed E-state index contributed by atoms with van der Waals surface area (Å²) in [6.45, 7) is 0. The maximum absolute atomic E-state index is 5.13. The molecule has 144 heavy (non-hydrogen) atoms. The molecule has 0 amide bonds. The van der Waals surface area contributed by atoms with Gasteiger partial charge in [0.1, 0.15) is 0 Å². The second-order valence-electron chi connectivity index (χ2n) is 35.6. The number of benzene rings is 21. The smallest absolute Gasteiger partial charge is 0.165 e. The zero-order valence-electron chi connectivity index (χ0n) is 77.9. The summed E-state index contributed by atoms with van der Waals surface area (Å²) in [4.78, 5) is 60.5. The summed E-state index contributed by atoms with van der Waals surface area (Å²) >= 11 is 0. The van der Waals surface area contributed by atoms with Crippen molar-refractivity contribution in [2.45, 2.75) is 0 Å². The topological polar surface area (TPSA) is 155 Å². The molecule has 0 atom stereocenters. The lowest BCUT2D eigenvalue weighted by molar-refractivity contribution is 1.08. The van der Waals surface area contributed by atoms with Crippen LogP contribution in [-0.2, 0) is 0 Å². The van der Waals surface area contributed by atoms with Gasteiger partial charge < -0.3 is 0 Å². The number of nitrogens with zero attached hydrogens (tertiary/aromatic N) is 12. The number of hydrogen-bond donors (Lipinski definition) is 0. The van der Waals surface area contributed by atoms with Gasteiger partial charge in [-0.25, -0.2) is 59.8 Å². The summed E-state index contributed by atoms with van der Waals surface area (Å²) in [5.41, 5.74) is 24.4. The van der Waals surface area contributed by atoms with E-state index in [0.717, 1.165) is 188 Å². The maximum Gasteiger partial charge on any atom is 0.165 e. The Kier molecular flexibility index (Phi) is 22.8. The van der Waals surface area contributed by atoms with Crippen LogP contribution < -0.4 is 0 Å². The summed E-state index contributed by atoms with van der Waals surface area (Å²) in [7, 11) is 0. The summed E-state index contributed by atoms with van der Waals surface area (Å²) in [5.74, 6) is 5.81. The molecule has 0 saturated heterocycles. The van der Waals surface area contributed by atoms with Crippen LogP contribution in [0.4, 0.5) is 0 Å². The first-order valence-electron chi connectivity index (χ1n) is 48.2. The van der Waals surface area contributed by atoms with Gasteiger partial charge in [0.05, 0.1) is 33.6 Å². The molecular formula is C132H84N12. The fourth-order valence-corrected chi connectivity index (χ4v) is 19.7. The normalized spacial score (nSPS) is 11.3. The molecule has 12 nitrogen and oxygen atoms in total. The highest BCUT2D eigenvalue weighted by Gasteiger charge is 2.25. The molecule has 0 aliphatic rings. The molecule has 12 heteroatoms. The lowest BCUT2D eigenvalue weighted by Gasteiger charge is -2.15. The molecule has 0 radical (unpaired) electrons. The highest BCUT2D eigenvalue weighted by Crippen LogP contribution is 2.45. The van der Waals surface area contributed by atoms with Gasteiger partial charge in [-0.2, -0.15) is 0 Å². The number of rotatable bonds is 15. The number of fused-ring (bicyclic) bond motifs is 12. The molecule has 0 bridgehead atoms. The minimum absolute atomic E-state index is 0.640. The molecule has 21 aromatic carbocycles. The molecular weight excluding hydrogens is 1750 g/mol. The third-order valence-electron chi connectivity index (χ3n) is 26.8. The van der Waals surface area contributed by atoms with Crippen molar-refractivity contribution >= 4 is 97.3 Å². The molecule has 27 aromatic rings. The first-order chi connectivity index (χ1) is 71.4. The van der Waals surface area contributed by atoms with Crippen molar-refractivity contribution in [1.82, 2.24) is 59.8 Å². The Morgan fingerprint density at radius 3 is 0.729 bits per heavy atom. The first kappa shape index (κ1) is 86.1. The van der Waals surface area contributed by atoms with Crippen LogP contribution in [0.3, 0.4) is 0 Å². The average Bonchev–Trinajstić information content (AvgIpc) is 0.766. The van der Waals surface area contributed by atoms with E-state index in [-0.39, 0.29) is 0 Å². The summed E-state index contributed by atoms with van der Waals surface area (Å²) in [5, 5.41) is 17.2. The fraction of sp³-hybridized carbons (Fsp3) is 0. The van der Waals surface area contributed by atoms with Gasteiger partial charge in [-0.1, -0.05) is 473 Å². The lowest BCUT2D eigenvalue weighted by Crippen LogP contribution is -2.01. The van der Waals surface area contributed by atoms with E-state index in [9.17, 15) is 0 Å². The Morgan fingerprint density at radius 1 is 0.104 bits per heavy atom. The van der Waals surface area contributed by atoms with Crippen LogP contribution >= 0.6 is 0 Å². The first-order valence-corrected chi connectivity index (χ1v) is 48.2. The highest BCUT2D eigenvalue weighted by molar-refractivity contribution is 6.15. The molecule has 0 fully saturated rings. The van der Waals surface area contributed by atoms with Gasteiger partial charge in [0.15, 0.2) is 52.4 Å². The minimum atomic E-state index is 0.640. The summed E-state index contributed by atoms with van der Waals surface area (Å²) < 4.78 is 0. The molecule has 672 valence electrons. The van der Waals surface area contributed by atoms with E-state index in [1.54, 1.807) is 0 Å². The molecule has 0 aliphatic heterocycles. The Hall–Kier alpha value is -19.6. The molecule has 0 spiro atoms. The third kappa shape index (κ3) is 16.8. The van der Waals surface area contributed by atoms with E-state index in [0.29, 0.717) is 52.4 Å². The summed E-state index contributed by atoms with van der Waals surface area (Å²) in [6, 6.07) is 176. The molecule has 6 heterocycles. The Bertz CT molecular complexity index is 9360. The van der Waals surface area contributed by atoms with Crippen LogP contribution in [0.5, 0.6) is 0 Å². The van der Waals surface area contributed by atoms with E-state index in [2.05, 4.69) is 309 Å². The Labute approximate surface area is 830 Å². The molecule has 0 unspecified atom stereocenters. The molecule has 0 N–H and O–H groups in total. The Balaban J connectivity index is 0.000000113. The van der Waals surface area contributed by atoms with Crippen molar-refractivity contribution in [1.29, 1.82) is 0 Å². The highest BCUT2D eigenvalue weighted by atomic mass is 15.1. The van der Waals surface area contributed by atoms with Crippen molar-refractivity contribution in [3.8, 4) is 170 Å². The van der Waals surface area contributed by atoms with Crippen molar-refractivity contribution in [2.75, 3.05) is 0 Å². The SMILES string of the molecule is c1ccc(-c2nc(-c3ccccc3)nc(-c3c(-c4ccc(-c5nc6ccccc6c6ccccc56)cc4)ccc4ccccc34)n2)cc1.c1ccc(-c2nc(-c3ccccc3)nc(-c3cc(-c4ccc(-c5nc6ccccc6c6ccccc56)cc4)cc4ccccc34)n2)cc1.c1ccc(-c2nc(-c3ccccc3)nc(-c3ccc(-c4ccc(-c5nc6ccccc6c6ccccc56)cc4)c4ccccc34)n2)cc1. The molecule has 6 aromatic heterocycles. The van der Waals surface area contributed by atoms with Gasteiger partial charge in [-0.3, -0.25) is 0 Å². The lowest BCUT2D eigenvalue weighted by atomic mass is 9.92. The van der Waals surface area contributed by atoms with Crippen molar-refractivity contribution in [2.24, 2.45) is 0 Å².